The van der Waals surface area contributed by atoms with Gasteiger partial charge in [-0.05, 0) is 146 Å². The lowest BCUT2D eigenvalue weighted by Gasteiger charge is -2.45. The molecule has 358 valence electrons. The predicted octanol–water partition coefficient (Wildman–Crippen LogP) is 13.8. The van der Waals surface area contributed by atoms with Gasteiger partial charge in [-0.3, -0.25) is 0 Å². The van der Waals surface area contributed by atoms with Crippen LogP contribution in [-0.4, -0.2) is 18.0 Å². The maximum absolute atomic E-state index is 2.67. The largest absolute Gasteiger partial charge is 0.313 e. The monoisotopic (exact) mass is 946 g/mol. The van der Waals surface area contributed by atoms with Crippen LogP contribution in [0.4, 0.5) is 34.1 Å². The van der Waals surface area contributed by atoms with Crippen LogP contribution in [0.1, 0.15) is 86.1 Å². The maximum atomic E-state index is 2.67. The fourth-order valence-electron chi connectivity index (χ4n) is 13.1. The van der Waals surface area contributed by atoms with E-state index >= 15 is 0 Å². The summed E-state index contributed by atoms with van der Waals surface area (Å²) in [5.74, 6) is 0. The molecule has 1 aromatic heterocycles. The first-order chi connectivity index (χ1) is 35.0. The van der Waals surface area contributed by atoms with Gasteiger partial charge >= 0.3 is 0 Å². The van der Waals surface area contributed by atoms with Crippen molar-refractivity contribution >= 4 is 102 Å². The van der Waals surface area contributed by atoms with Crippen molar-refractivity contribution in [1.82, 2.24) is 4.57 Å². The summed E-state index contributed by atoms with van der Waals surface area (Å²) in [4.78, 5) is 5.12. The van der Waals surface area contributed by atoms with Crippen LogP contribution in [0.2, 0.25) is 0 Å². The SMILES string of the molecule is Cc1cc(C)c(B2c3cc(C(C)(C)C)ccc3N3c4ccc(C(C)(C)C)cc4B(c4c(C)cc(C)cc4C)c4cc(-n5c6ccccc6c6cccc(N(c7ccccc7)c7ccccc7)c65)cc2c43)c(C)c1. The number of hydrogen-bond donors (Lipinski definition) is 0. The number of anilines is 6. The van der Waals surface area contributed by atoms with Crippen LogP contribution in [-0.2, 0) is 10.8 Å². The van der Waals surface area contributed by atoms with E-state index in [1.165, 1.54) is 122 Å². The second kappa shape index (κ2) is 17.1. The van der Waals surface area contributed by atoms with Gasteiger partial charge in [0.1, 0.15) is 0 Å². The van der Waals surface area contributed by atoms with Crippen molar-refractivity contribution in [3.05, 3.63) is 220 Å². The van der Waals surface area contributed by atoms with Crippen LogP contribution >= 0.6 is 0 Å². The van der Waals surface area contributed by atoms with Crippen LogP contribution in [0, 0.1) is 41.5 Å². The lowest BCUT2D eigenvalue weighted by atomic mass is 9.29. The molecule has 0 amide bonds. The van der Waals surface area contributed by atoms with Crippen LogP contribution in [0.15, 0.2) is 176 Å². The van der Waals surface area contributed by atoms with Crippen LogP contribution in [0.3, 0.4) is 0 Å². The average Bonchev–Trinajstić information content (AvgIpc) is 3.69. The Hall–Kier alpha value is -7.49. The average molecular weight is 946 g/mol. The molecule has 5 heteroatoms. The summed E-state index contributed by atoms with van der Waals surface area (Å²) in [6.45, 7) is 27.9. The second-order valence-electron chi connectivity index (χ2n) is 23.4. The second-order valence-corrected chi connectivity index (χ2v) is 23.4. The highest BCUT2D eigenvalue weighted by atomic mass is 15.2. The highest BCUT2D eigenvalue weighted by Crippen LogP contribution is 2.45. The van der Waals surface area contributed by atoms with Gasteiger partial charge < -0.3 is 14.4 Å². The smallest absolute Gasteiger partial charge is 0.247 e. The molecule has 73 heavy (non-hydrogen) atoms. The molecular weight excluding hydrogens is 880 g/mol. The van der Waals surface area contributed by atoms with E-state index in [1.54, 1.807) is 0 Å². The minimum atomic E-state index is -0.0556. The summed E-state index contributed by atoms with van der Waals surface area (Å²) in [5.41, 5.74) is 29.4. The van der Waals surface area contributed by atoms with Crippen molar-refractivity contribution < 1.29 is 0 Å². The molecule has 3 nitrogen and oxygen atoms in total. The number of nitrogens with zero attached hydrogens (tertiary/aromatic N) is 3. The van der Waals surface area contributed by atoms with E-state index in [1.807, 2.05) is 0 Å². The Kier molecular flexibility index (Phi) is 10.9. The number of para-hydroxylation sites is 4. The molecule has 0 atom stereocenters. The Labute approximate surface area is 434 Å². The topological polar surface area (TPSA) is 11.4 Å². The quantitative estimate of drug-likeness (QED) is 0.154. The van der Waals surface area contributed by atoms with Gasteiger partial charge in [0.25, 0.3) is 0 Å². The van der Waals surface area contributed by atoms with E-state index < -0.39 is 0 Å². The normalized spacial score (nSPS) is 13.1. The van der Waals surface area contributed by atoms with Crippen molar-refractivity contribution in [3.8, 4) is 5.69 Å². The van der Waals surface area contributed by atoms with Crippen molar-refractivity contribution in [2.45, 2.75) is 93.9 Å². The summed E-state index contributed by atoms with van der Waals surface area (Å²) in [5, 5.41) is 2.46. The Morgan fingerprint density at radius 1 is 0.411 bits per heavy atom. The van der Waals surface area contributed by atoms with Crippen molar-refractivity contribution in [1.29, 1.82) is 0 Å². The standard InChI is InChI=1S/C68H65B2N3/c1-42-34-44(3)63(45(4)35-42)69-55-38-48(67(7,8)9)30-32-60(55)73-61-33-31-49(68(10,11)12)39-56(61)70(64-46(5)36-43(2)37-47(64)6)58-41-52(40-57(69)66(58)73)72-59-28-20-19-26-53(59)54-27-21-29-62(65(54)72)71(50-22-15-13-16-23-50)51-24-17-14-18-25-51/h13-41H,1-12H3. The number of aromatic nitrogens is 1. The zero-order chi connectivity index (χ0) is 50.8. The third-order valence-electron chi connectivity index (χ3n) is 16.1. The third kappa shape index (κ3) is 7.49. The molecule has 2 aliphatic rings. The zero-order valence-electron chi connectivity index (χ0n) is 44.7. The van der Waals surface area contributed by atoms with Gasteiger partial charge in [-0.2, -0.15) is 0 Å². The predicted molar refractivity (Wildman–Crippen MR) is 318 cm³/mol. The van der Waals surface area contributed by atoms with Crippen molar-refractivity contribution in [3.63, 3.8) is 0 Å². The van der Waals surface area contributed by atoms with Gasteiger partial charge in [-0.1, -0.05) is 201 Å². The first-order valence-corrected chi connectivity index (χ1v) is 26.3. The Bertz CT molecular complexity index is 3620. The number of rotatable bonds is 6. The molecule has 0 saturated heterocycles. The molecule has 9 aromatic carbocycles. The van der Waals surface area contributed by atoms with Gasteiger partial charge in [0.2, 0.25) is 13.4 Å². The molecule has 0 unspecified atom stereocenters. The third-order valence-corrected chi connectivity index (χ3v) is 16.1. The van der Waals surface area contributed by atoms with E-state index in [0.29, 0.717) is 0 Å². The highest BCUT2D eigenvalue weighted by Gasteiger charge is 2.46. The molecule has 0 bridgehead atoms. The number of fused-ring (bicyclic) bond motifs is 7. The molecule has 0 radical (unpaired) electrons. The maximum Gasteiger partial charge on any atom is 0.247 e. The van der Waals surface area contributed by atoms with E-state index in [-0.39, 0.29) is 24.3 Å². The zero-order valence-corrected chi connectivity index (χ0v) is 44.7. The molecule has 12 rings (SSSR count). The molecule has 2 aliphatic heterocycles. The van der Waals surface area contributed by atoms with E-state index in [4.69, 9.17) is 0 Å². The minimum Gasteiger partial charge on any atom is -0.313 e. The van der Waals surface area contributed by atoms with E-state index in [0.717, 1.165) is 17.1 Å². The molecule has 0 spiro atoms. The number of hydrogen-bond acceptors (Lipinski definition) is 2. The van der Waals surface area contributed by atoms with Crippen LogP contribution in [0.5, 0.6) is 0 Å². The van der Waals surface area contributed by atoms with Gasteiger partial charge in [-0.15, -0.1) is 0 Å². The number of benzene rings is 9. The fourth-order valence-corrected chi connectivity index (χ4v) is 13.1. The van der Waals surface area contributed by atoms with Gasteiger partial charge in [0.15, 0.2) is 0 Å². The molecule has 10 aromatic rings. The summed E-state index contributed by atoms with van der Waals surface area (Å²) in [6.07, 6.45) is 0. The summed E-state index contributed by atoms with van der Waals surface area (Å²) in [7, 11) is 0. The van der Waals surface area contributed by atoms with Crippen molar-refractivity contribution in [2.75, 3.05) is 9.80 Å². The molecule has 0 aliphatic carbocycles. The summed E-state index contributed by atoms with van der Waals surface area (Å²) >= 11 is 0. The van der Waals surface area contributed by atoms with Crippen molar-refractivity contribution in [2.24, 2.45) is 0 Å². The Balaban J connectivity index is 1.28. The van der Waals surface area contributed by atoms with Crippen LogP contribution in [0.25, 0.3) is 27.5 Å². The van der Waals surface area contributed by atoms with E-state index in [9.17, 15) is 0 Å². The summed E-state index contributed by atoms with van der Waals surface area (Å²) in [6, 6.07) is 67.4. The molecule has 3 heterocycles. The molecule has 0 N–H and O–H groups in total. The Morgan fingerprint density at radius 2 is 0.849 bits per heavy atom. The lowest BCUT2D eigenvalue weighted by Crippen LogP contribution is -2.66. The van der Waals surface area contributed by atoms with E-state index in [2.05, 4.69) is 273 Å². The molecular formula is C68H65B2N3. The van der Waals surface area contributed by atoms with Crippen LogP contribution < -0.4 is 42.6 Å². The van der Waals surface area contributed by atoms with Gasteiger partial charge in [-0.25, -0.2) is 0 Å². The lowest BCUT2D eigenvalue weighted by molar-refractivity contribution is 0.590. The molecule has 0 fully saturated rings. The first kappa shape index (κ1) is 46.6. The Morgan fingerprint density at radius 3 is 1.32 bits per heavy atom. The molecule has 0 saturated carbocycles. The first-order valence-electron chi connectivity index (χ1n) is 26.3. The van der Waals surface area contributed by atoms with Gasteiger partial charge in [0.05, 0.1) is 16.7 Å². The van der Waals surface area contributed by atoms with Gasteiger partial charge in [0, 0.05) is 44.9 Å². The number of aryl methyl sites for hydroxylation is 6. The minimum absolute atomic E-state index is 0.0446. The summed E-state index contributed by atoms with van der Waals surface area (Å²) < 4.78 is 2.61. The highest BCUT2D eigenvalue weighted by molar-refractivity contribution is 7.02. The fraction of sp³-hybridized carbons (Fsp3) is 0.206.